The van der Waals surface area contributed by atoms with E-state index in [9.17, 15) is 4.39 Å². The molecule has 2 aliphatic heterocycles. The molecular weight excluding hydrogens is 355 g/mol. The number of nitrogens with zero attached hydrogens (tertiary/aromatic N) is 3. The van der Waals surface area contributed by atoms with Crippen molar-refractivity contribution in [2.45, 2.75) is 45.8 Å². The third-order valence-electron chi connectivity index (χ3n) is 5.71. The number of likely N-dealkylation sites (tertiary alicyclic amines) is 2. The van der Waals surface area contributed by atoms with Crippen LogP contribution < -0.4 is 5.32 Å². The molecule has 28 heavy (non-hydrogen) atoms. The molecular formula is C22H35FN4O. The summed E-state index contributed by atoms with van der Waals surface area (Å²) in [5, 5.41) is 3.43. The lowest BCUT2D eigenvalue weighted by molar-refractivity contribution is 0.181. The van der Waals surface area contributed by atoms with Crippen LogP contribution in [-0.4, -0.2) is 62.1 Å². The first kappa shape index (κ1) is 21.1. The molecule has 6 heteroatoms. The van der Waals surface area contributed by atoms with Crippen LogP contribution >= 0.6 is 0 Å². The summed E-state index contributed by atoms with van der Waals surface area (Å²) in [5.74, 6) is 1.48. The molecule has 1 N–H and O–H groups in total. The van der Waals surface area contributed by atoms with Gasteiger partial charge in [-0.25, -0.2) is 9.38 Å². The molecule has 0 amide bonds. The first-order chi connectivity index (χ1) is 13.7. The zero-order chi connectivity index (χ0) is 19.8. The van der Waals surface area contributed by atoms with Crippen LogP contribution in [0.5, 0.6) is 0 Å². The largest absolute Gasteiger partial charge is 0.380 e. The molecule has 3 rings (SSSR count). The summed E-state index contributed by atoms with van der Waals surface area (Å²) in [7, 11) is 1.58. The molecule has 1 aromatic carbocycles. The van der Waals surface area contributed by atoms with Crippen LogP contribution in [0.15, 0.2) is 23.2 Å². The van der Waals surface area contributed by atoms with E-state index >= 15 is 0 Å². The fourth-order valence-electron chi connectivity index (χ4n) is 4.27. The van der Waals surface area contributed by atoms with Gasteiger partial charge in [0.2, 0.25) is 0 Å². The molecule has 1 unspecified atom stereocenters. The van der Waals surface area contributed by atoms with Crippen LogP contribution in [0.3, 0.4) is 0 Å². The molecule has 2 aliphatic rings. The third-order valence-corrected chi connectivity index (χ3v) is 5.71. The Bertz CT molecular complexity index is 645. The topological polar surface area (TPSA) is 40.1 Å². The Morgan fingerprint density at radius 1 is 1.25 bits per heavy atom. The van der Waals surface area contributed by atoms with E-state index in [1.807, 2.05) is 12.1 Å². The minimum Gasteiger partial charge on any atom is -0.380 e. The van der Waals surface area contributed by atoms with Gasteiger partial charge in [0.1, 0.15) is 5.82 Å². The van der Waals surface area contributed by atoms with Gasteiger partial charge in [0.15, 0.2) is 5.96 Å². The third kappa shape index (κ3) is 5.92. The van der Waals surface area contributed by atoms with Gasteiger partial charge in [-0.05, 0) is 62.9 Å². The normalized spacial score (nSPS) is 21.3. The molecule has 0 aromatic heterocycles. The van der Waals surface area contributed by atoms with Gasteiger partial charge in [-0.15, -0.1) is 0 Å². The molecule has 5 nitrogen and oxygen atoms in total. The second-order valence-electron chi connectivity index (χ2n) is 7.99. The zero-order valence-electron chi connectivity index (χ0n) is 17.4. The molecule has 0 aliphatic carbocycles. The van der Waals surface area contributed by atoms with Crippen molar-refractivity contribution in [3.05, 3.63) is 35.1 Å². The molecule has 2 saturated heterocycles. The minimum absolute atomic E-state index is 0.221. The lowest BCUT2D eigenvalue weighted by Gasteiger charge is -2.29. The molecule has 0 saturated carbocycles. The number of halogens is 1. The Morgan fingerprint density at radius 3 is 2.82 bits per heavy atom. The van der Waals surface area contributed by atoms with E-state index in [1.165, 1.54) is 51.4 Å². The van der Waals surface area contributed by atoms with Gasteiger partial charge in [0, 0.05) is 38.9 Å². The Labute approximate surface area is 169 Å². The number of methoxy groups -OCH3 is 1. The van der Waals surface area contributed by atoms with Gasteiger partial charge in [-0.1, -0.05) is 12.5 Å². The van der Waals surface area contributed by atoms with Crippen LogP contribution in [0.25, 0.3) is 0 Å². The summed E-state index contributed by atoms with van der Waals surface area (Å²) < 4.78 is 18.9. The van der Waals surface area contributed by atoms with Crippen molar-refractivity contribution < 1.29 is 9.13 Å². The minimum atomic E-state index is -0.221. The van der Waals surface area contributed by atoms with Crippen molar-refractivity contribution >= 4 is 5.96 Å². The molecule has 1 aromatic rings. The van der Waals surface area contributed by atoms with Crippen molar-refractivity contribution in [2.75, 3.05) is 46.4 Å². The van der Waals surface area contributed by atoms with Gasteiger partial charge in [-0.3, -0.25) is 0 Å². The van der Waals surface area contributed by atoms with E-state index in [2.05, 4.69) is 22.0 Å². The van der Waals surface area contributed by atoms with E-state index in [1.54, 1.807) is 7.11 Å². The molecule has 0 radical (unpaired) electrons. The average Bonchev–Trinajstić information content (AvgIpc) is 3.16. The van der Waals surface area contributed by atoms with Gasteiger partial charge < -0.3 is 19.9 Å². The maximum atomic E-state index is 13.8. The maximum Gasteiger partial charge on any atom is 0.194 e. The number of guanidine groups is 1. The maximum absolute atomic E-state index is 13.8. The highest BCUT2D eigenvalue weighted by atomic mass is 19.1. The number of rotatable bonds is 7. The van der Waals surface area contributed by atoms with Crippen molar-refractivity contribution in [1.29, 1.82) is 0 Å². The Hall–Kier alpha value is -1.66. The lowest BCUT2D eigenvalue weighted by Crippen LogP contribution is -2.41. The van der Waals surface area contributed by atoms with E-state index in [4.69, 9.17) is 9.73 Å². The molecule has 156 valence electrons. The van der Waals surface area contributed by atoms with Crippen molar-refractivity contribution in [2.24, 2.45) is 10.9 Å². The van der Waals surface area contributed by atoms with Gasteiger partial charge in [0.05, 0.1) is 13.2 Å². The number of nitrogens with one attached hydrogen (secondary N) is 1. The van der Waals surface area contributed by atoms with Crippen LogP contribution in [0.1, 0.15) is 43.7 Å². The summed E-state index contributed by atoms with van der Waals surface area (Å²) >= 11 is 0. The number of aliphatic imine (C=N–C) groups is 1. The summed E-state index contributed by atoms with van der Waals surface area (Å²) in [4.78, 5) is 9.86. The summed E-state index contributed by atoms with van der Waals surface area (Å²) in [5.41, 5.74) is 1.59. The average molecular weight is 391 g/mol. The van der Waals surface area contributed by atoms with Gasteiger partial charge in [-0.2, -0.15) is 0 Å². The molecule has 1 atom stereocenters. The highest BCUT2D eigenvalue weighted by Crippen LogP contribution is 2.20. The summed E-state index contributed by atoms with van der Waals surface area (Å²) in [6.07, 6.45) is 5.32. The van der Waals surface area contributed by atoms with Crippen LogP contribution in [0.2, 0.25) is 0 Å². The summed E-state index contributed by atoms with van der Waals surface area (Å²) in [6.45, 7) is 9.66. The van der Waals surface area contributed by atoms with Crippen LogP contribution in [0.4, 0.5) is 4.39 Å². The fraction of sp³-hybridized carbons (Fsp3) is 0.682. The predicted octanol–water partition coefficient (Wildman–Crippen LogP) is 3.25. The smallest absolute Gasteiger partial charge is 0.194 e. The summed E-state index contributed by atoms with van der Waals surface area (Å²) in [6, 6.07) is 5.18. The van der Waals surface area contributed by atoms with E-state index in [0.717, 1.165) is 37.1 Å². The number of ether oxygens (including phenoxy) is 1. The van der Waals surface area contributed by atoms with E-state index in [0.29, 0.717) is 12.1 Å². The van der Waals surface area contributed by atoms with Gasteiger partial charge >= 0.3 is 0 Å². The molecule has 2 fully saturated rings. The molecule has 2 heterocycles. The highest BCUT2D eigenvalue weighted by Gasteiger charge is 2.26. The zero-order valence-corrected chi connectivity index (χ0v) is 17.4. The molecule has 0 bridgehead atoms. The second kappa shape index (κ2) is 10.8. The van der Waals surface area contributed by atoms with E-state index < -0.39 is 0 Å². The van der Waals surface area contributed by atoms with Gasteiger partial charge in [0.25, 0.3) is 0 Å². The van der Waals surface area contributed by atoms with Crippen molar-refractivity contribution in [1.82, 2.24) is 15.1 Å². The number of hydrogen-bond acceptors (Lipinski definition) is 3. The fourth-order valence-corrected chi connectivity index (χ4v) is 4.27. The Kier molecular flexibility index (Phi) is 8.10. The SMILES string of the molecule is CCNC(=NCc1ccc(F)c(COC)c1)N1CCC(CN2CCCCC2)C1. The highest BCUT2D eigenvalue weighted by molar-refractivity contribution is 5.80. The number of hydrogen-bond donors (Lipinski definition) is 1. The van der Waals surface area contributed by atoms with Crippen LogP contribution in [0, 0.1) is 11.7 Å². The molecule has 0 spiro atoms. The standard InChI is InChI=1S/C22H35FN4O/c1-3-24-22(25-14-18-7-8-21(23)20(13-18)17-28-2)27-12-9-19(16-27)15-26-10-5-4-6-11-26/h7-8,13,19H,3-6,9-12,14-17H2,1-2H3,(H,24,25). The first-order valence-corrected chi connectivity index (χ1v) is 10.7. The lowest BCUT2D eigenvalue weighted by atomic mass is 10.1. The Morgan fingerprint density at radius 2 is 2.07 bits per heavy atom. The Balaban J connectivity index is 1.59. The van der Waals surface area contributed by atoms with E-state index in [-0.39, 0.29) is 12.4 Å². The number of piperidine rings is 1. The van der Waals surface area contributed by atoms with Crippen molar-refractivity contribution in [3.63, 3.8) is 0 Å². The quantitative estimate of drug-likeness (QED) is 0.573. The van der Waals surface area contributed by atoms with Crippen LogP contribution in [-0.2, 0) is 17.9 Å². The van der Waals surface area contributed by atoms with Crippen molar-refractivity contribution in [3.8, 4) is 0 Å². The number of benzene rings is 1. The second-order valence-corrected chi connectivity index (χ2v) is 7.99. The predicted molar refractivity (Wildman–Crippen MR) is 112 cm³/mol. The monoisotopic (exact) mass is 390 g/mol. The first-order valence-electron chi connectivity index (χ1n) is 10.7.